The zero-order valence-corrected chi connectivity index (χ0v) is 15.8. The first-order valence-corrected chi connectivity index (χ1v) is 8.97. The lowest BCUT2D eigenvalue weighted by Gasteiger charge is -2.07. The van der Waals surface area contributed by atoms with E-state index in [4.69, 9.17) is 0 Å². The lowest BCUT2D eigenvalue weighted by molar-refractivity contribution is 0.0566. The molecule has 0 spiro atoms. The van der Waals surface area contributed by atoms with Crippen LogP contribution in [0.15, 0.2) is 61.2 Å². The molecule has 7 heteroatoms. The van der Waals surface area contributed by atoms with E-state index in [2.05, 4.69) is 22.0 Å². The molecule has 0 amide bonds. The number of alkyl halides is 2. The van der Waals surface area contributed by atoms with E-state index in [-0.39, 0.29) is 0 Å². The Labute approximate surface area is 166 Å². The molecule has 0 bridgehead atoms. The van der Waals surface area contributed by atoms with Gasteiger partial charge < -0.3 is 5.11 Å². The Kier molecular flexibility index (Phi) is 4.65. The zero-order chi connectivity index (χ0) is 20.6. The molecule has 3 heterocycles. The first-order valence-electron chi connectivity index (χ1n) is 8.97. The van der Waals surface area contributed by atoms with Gasteiger partial charge in [-0.05, 0) is 37.1 Å². The minimum absolute atomic E-state index is 0.619. The normalized spacial score (nSPS) is 11.7. The smallest absolute Gasteiger partial charge is 0.333 e. The summed E-state index contributed by atoms with van der Waals surface area (Å²) in [6, 6.07) is 11.3. The van der Waals surface area contributed by atoms with Crippen LogP contribution in [0, 0.1) is 11.8 Å². The van der Waals surface area contributed by atoms with Crippen LogP contribution < -0.4 is 0 Å². The maximum absolute atomic E-state index is 12.7. The third-order valence-electron chi connectivity index (χ3n) is 4.37. The molecule has 146 valence electrons. The molecule has 3 aromatic heterocycles. The van der Waals surface area contributed by atoms with Crippen molar-refractivity contribution < 1.29 is 13.9 Å². The quantitative estimate of drug-likeness (QED) is 0.527. The van der Waals surface area contributed by atoms with Crippen LogP contribution >= 0.6 is 0 Å². The van der Waals surface area contributed by atoms with Crippen LogP contribution in [0.1, 0.15) is 26.0 Å². The van der Waals surface area contributed by atoms with Crippen LogP contribution in [0.3, 0.4) is 0 Å². The summed E-state index contributed by atoms with van der Waals surface area (Å²) in [6.07, 6.45) is 6.33. The predicted octanol–water partition coefficient (Wildman–Crippen LogP) is 4.38. The molecule has 4 rings (SSSR count). The van der Waals surface area contributed by atoms with Gasteiger partial charge in [-0.2, -0.15) is 19.0 Å². The summed E-state index contributed by atoms with van der Waals surface area (Å²) in [7, 11) is 0. The Morgan fingerprint density at radius 2 is 1.72 bits per heavy atom. The van der Waals surface area contributed by atoms with E-state index in [1.807, 2.05) is 42.6 Å². The molecule has 4 aromatic rings. The Bertz CT molecular complexity index is 1220. The largest absolute Gasteiger partial charge is 0.378 e. The van der Waals surface area contributed by atoms with Crippen molar-refractivity contribution in [1.29, 1.82) is 0 Å². The van der Waals surface area contributed by atoms with Gasteiger partial charge in [0.05, 0.1) is 23.5 Å². The highest BCUT2D eigenvalue weighted by molar-refractivity contribution is 5.85. The van der Waals surface area contributed by atoms with Crippen LogP contribution in [0.4, 0.5) is 8.78 Å². The van der Waals surface area contributed by atoms with Crippen molar-refractivity contribution in [2.75, 3.05) is 0 Å². The molecule has 0 fully saturated rings. The number of benzene rings is 1. The fourth-order valence-electron chi connectivity index (χ4n) is 3.01. The standard InChI is InChI=1S/C22H18F2N4O/c1-22(2,29)10-9-17-4-3-11-27-20(17)19(13-26-27)16-7-5-15(6-8-16)18-12-25-28(14-18)21(23)24/h3-8,11-14,21,29H,1-2H3. The molecule has 0 aliphatic carbocycles. The number of rotatable bonds is 3. The van der Waals surface area contributed by atoms with Crippen molar-refractivity contribution in [1.82, 2.24) is 19.4 Å². The Balaban J connectivity index is 1.74. The van der Waals surface area contributed by atoms with Gasteiger partial charge in [-0.25, -0.2) is 9.20 Å². The summed E-state index contributed by atoms with van der Waals surface area (Å²) < 4.78 is 27.8. The van der Waals surface area contributed by atoms with Crippen LogP contribution in [0.2, 0.25) is 0 Å². The second kappa shape index (κ2) is 7.15. The summed E-state index contributed by atoms with van der Waals surface area (Å²) in [5, 5.41) is 18.0. The van der Waals surface area contributed by atoms with Crippen molar-refractivity contribution in [2.45, 2.75) is 26.0 Å². The van der Waals surface area contributed by atoms with Crippen molar-refractivity contribution >= 4 is 5.52 Å². The number of hydrogen-bond donors (Lipinski definition) is 1. The van der Waals surface area contributed by atoms with Crippen molar-refractivity contribution in [2.24, 2.45) is 0 Å². The average Bonchev–Trinajstić information content (AvgIpc) is 3.33. The Hall–Kier alpha value is -3.50. The molecule has 0 saturated heterocycles. The van der Waals surface area contributed by atoms with Gasteiger partial charge in [0.25, 0.3) is 0 Å². The van der Waals surface area contributed by atoms with E-state index >= 15 is 0 Å². The molecule has 29 heavy (non-hydrogen) atoms. The second-order valence-corrected chi connectivity index (χ2v) is 7.15. The van der Waals surface area contributed by atoms with E-state index < -0.39 is 12.2 Å². The molecule has 0 unspecified atom stereocenters. The number of fused-ring (bicyclic) bond motifs is 1. The maximum Gasteiger partial charge on any atom is 0.333 e. The molecule has 1 aromatic carbocycles. The van der Waals surface area contributed by atoms with Gasteiger partial charge in [0.15, 0.2) is 0 Å². The second-order valence-electron chi connectivity index (χ2n) is 7.15. The van der Waals surface area contributed by atoms with Gasteiger partial charge in [-0.3, -0.25) is 0 Å². The van der Waals surface area contributed by atoms with Crippen molar-refractivity contribution in [3.05, 3.63) is 66.7 Å². The minimum atomic E-state index is -2.66. The SMILES string of the molecule is CC(C)(O)C#Cc1cccn2ncc(-c3ccc(-c4cnn(C(F)F)c4)cc3)c12. The van der Waals surface area contributed by atoms with Crippen molar-refractivity contribution in [3.63, 3.8) is 0 Å². The number of aromatic nitrogens is 4. The third kappa shape index (κ3) is 3.89. The number of halogens is 2. The minimum Gasteiger partial charge on any atom is -0.378 e. The molecular formula is C22H18F2N4O. The topological polar surface area (TPSA) is 55.4 Å². The van der Waals surface area contributed by atoms with Gasteiger partial charge in [-0.15, -0.1) is 0 Å². The lowest BCUT2D eigenvalue weighted by atomic mass is 10.0. The van der Waals surface area contributed by atoms with Gasteiger partial charge in [0.1, 0.15) is 5.60 Å². The highest BCUT2D eigenvalue weighted by Crippen LogP contribution is 2.29. The molecule has 5 nitrogen and oxygen atoms in total. The fourth-order valence-corrected chi connectivity index (χ4v) is 3.01. The van der Waals surface area contributed by atoms with E-state index in [1.165, 1.54) is 12.4 Å². The molecular weight excluding hydrogens is 374 g/mol. The lowest BCUT2D eigenvalue weighted by Crippen LogP contribution is -2.14. The zero-order valence-electron chi connectivity index (χ0n) is 15.8. The summed E-state index contributed by atoms with van der Waals surface area (Å²) in [4.78, 5) is 0. The summed E-state index contributed by atoms with van der Waals surface area (Å²) >= 11 is 0. The Morgan fingerprint density at radius 1 is 1.00 bits per heavy atom. The molecule has 1 N–H and O–H groups in total. The first kappa shape index (κ1) is 18.8. The Morgan fingerprint density at radius 3 is 2.38 bits per heavy atom. The van der Waals surface area contributed by atoms with Crippen LogP contribution in [0.25, 0.3) is 27.8 Å². The van der Waals surface area contributed by atoms with E-state index in [0.717, 1.165) is 27.8 Å². The maximum atomic E-state index is 12.7. The first-order chi connectivity index (χ1) is 13.8. The van der Waals surface area contributed by atoms with Gasteiger partial charge in [0.2, 0.25) is 0 Å². The monoisotopic (exact) mass is 392 g/mol. The summed E-state index contributed by atoms with van der Waals surface area (Å²) in [6.45, 7) is 0.601. The molecule has 0 atom stereocenters. The number of hydrogen-bond acceptors (Lipinski definition) is 3. The highest BCUT2D eigenvalue weighted by Gasteiger charge is 2.13. The van der Waals surface area contributed by atoms with Gasteiger partial charge in [-0.1, -0.05) is 36.1 Å². The third-order valence-corrected chi connectivity index (χ3v) is 4.37. The molecule has 0 aliphatic heterocycles. The van der Waals surface area contributed by atoms with Crippen LogP contribution in [-0.4, -0.2) is 30.1 Å². The number of nitrogens with zero attached hydrogens (tertiary/aromatic N) is 4. The van der Waals surface area contributed by atoms with Crippen molar-refractivity contribution in [3.8, 4) is 34.1 Å². The van der Waals surface area contributed by atoms with E-state index in [1.54, 1.807) is 24.6 Å². The fraction of sp³-hybridized carbons (Fsp3) is 0.182. The van der Waals surface area contributed by atoms with E-state index in [0.29, 0.717) is 10.2 Å². The van der Waals surface area contributed by atoms with E-state index in [9.17, 15) is 13.9 Å². The summed E-state index contributed by atoms with van der Waals surface area (Å²) in [5.41, 5.74) is 3.71. The molecule has 0 saturated carbocycles. The molecule has 0 aliphatic rings. The van der Waals surface area contributed by atoms with Gasteiger partial charge >= 0.3 is 6.55 Å². The average molecular weight is 392 g/mol. The van der Waals surface area contributed by atoms with Gasteiger partial charge in [0, 0.05) is 23.5 Å². The van der Waals surface area contributed by atoms with Crippen LogP contribution in [0.5, 0.6) is 0 Å². The highest BCUT2D eigenvalue weighted by atomic mass is 19.3. The van der Waals surface area contributed by atoms with Crippen LogP contribution in [-0.2, 0) is 0 Å². The number of pyridine rings is 1. The molecule has 0 radical (unpaired) electrons. The summed E-state index contributed by atoms with van der Waals surface area (Å²) in [5.74, 6) is 5.87. The predicted molar refractivity (Wildman–Crippen MR) is 106 cm³/mol. The number of aliphatic hydroxyl groups is 1.